The van der Waals surface area contributed by atoms with Gasteiger partial charge in [-0.25, -0.2) is 17.8 Å². The summed E-state index contributed by atoms with van der Waals surface area (Å²) in [4.78, 5) is 7.23. The van der Waals surface area contributed by atoms with Crippen LogP contribution in [-0.4, -0.2) is 31.7 Å². The molecule has 164 valence electrons. The summed E-state index contributed by atoms with van der Waals surface area (Å²) in [5.74, 6) is -0.398. The predicted octanol–water partition coefficient (Wildman–Crippen LogP) is 5.97. The molecule has 0 atom stereocenters. The van der Waals surface area contributed by atoms with Crippen LogP contribution in [0.4, 0.5) is 9.52 Å². The van der Waals surface area contributed by atoms with E-state index >= 15 is 0 Å². The molecule has 1 saturated heterocycles. The maximum absolute atomic E-state index is 13.7. The van der Waals surface area contributed by atoms with Crippen LogP contribution < -0.4 is 4.90 Å². The van der Waals surface area contributed by atoms with E-state index in [0.717, 1.165) is 21.8 Å². The van der Waals surface area contributed by atoms with E-state index < -0.39 is 20.9 Å². The summed E-state index contributed by atoms with van der Waals surface area (Å²) < 4.78 is 40.4. The van der Waals surface area contributed by atoms with Crippen molar-refractivity contribution in [2.24, 2.45) is 0 Å². The lowest BCUT2D eigenvalue weighted by Gasteiger charge is -2.32. The molecule has 4 nitrogen and oxygen atoms in total. The van der Waals surface area contributed by atoms with Gasteiger partial charge in [-0.2, -0.15) is 0 Å². The smallest absolute Gasteiger partial charge is 0.185 e. The number of hydrogen-bond donors (Lipinski definition) is 0. The average molecular weight is 479 g/mol. The Balaban J connectivity index is 1.50. The molecule has 8 heteroatoms. The minimum Gasteiger partial charge on any atom is -0.348 e. The van der Waals surface area contributed by atoms with Gasteiger partial charge in [-0.1, -0.05) is 29.3 Å². The molecule has 0 spiro atoms. The maximum atomic E-state index is 13.7. The molecular formula is C23H24ClFN2O2S2. The van der Waals surface area contributed by atoms with Gasteiger partial charge in [0.25, 0.3) is 0 Å². The Morgan fingerprint density at radius 1 is 1.06 bits per heavy atom. The second-order valence-electron chi connectivity index (χ2n) is 8.13. The highest BCUT2D eigenvalue weighted by Crippen LogP contribution is 2.34. The molecule has 0 unspecified atom stereocenters. The normalized spacial score (nSPS) is 15.5. The zero-order valence-electron chi connectivity index (χ0n) is 17.7. The van der Waals surface area contributed by atoms with Gasteiger partial charge in [-0.15, -0.1) is 11.3 Å². The summed E-state index contributed by atoms with van der Waals surface area (Å²) in [5.41, 5.74) is 4.01. The Morgan fingerprint density at radius 2 is 1.71 bits per heavy atom. The largest absolute Gasteiger partial charge is 0.348 e. The fraction of sp³-hybridized carbons (Fsp3) is 0.348. The van der Waals surface area contributed by atoms with Crippen molar-refractivity contribution in [2.45, 2.75) is 43.8 Å². The molecule has 1 aromatic heterocycles. The van der Waals surface area contributed by atoms with Gasteiger partial charge in [-0.05, 0) is 62.9 Å². The van der Waals surface area contributed by atoms with Crippen molar-refractivity contribution >= 4 is 37.9 Å². The summed E-state index contributed by atoms with van der Waals surface area (Å²) in [6, 6.07) is 8.24. The summed E-state index contributed by atoms with van der Waals surface area (Å²) in [6.07, 6.45) is 1.10. The molecule has 31 heavy (non-hydrogen) atoms. The minimum absolute atomic E-state index is 0.331. The molecule has 0 bridgehead atoms. The van der Waals surface area contributed by atoms with Crippen molar-refractivity contribution in [3.63, 3.8) is 0 Å². The number of rotatable bonds is 4. The number of sulfone groups is 1. The first kappa shape index (κ1) is 22.2. The van der Waals surface area contributed by atoms with Crippen LogP contribution in [0, 0.1) is 26.6 Å². The number of piperidine rings is 1. The van der Waals surface area contributed by atoms with Gasteiger partial charge >= 0.3 is 0 Å². The summed E-state index contributed by atoms with van der Waals surface area (Å²) in [5, 5.41) is 2.62. The molecule has 0 radical (unpaired) electrons. The monoisotopic (exact) mass is 478 g/mol. The van der Waals surface area contributed by atoms with E-state index in [1.807, 2.05) is 38.3 Å². The third kappa shape index (κ3) is 4.49. The van der Waals surface area contributed by atoms with Crippen molar-refractivity contribution < 1.29 is 12.8 Å². The number of halogens is 2. The van der Waals surface area contributed by atoms with Crippen molar-refractivity contribution in [3.8, 4) is 11.3 Å². The third-order valence-electron chi connectivity index (χ3n) is 5.69. The lowest BCUT2D eigenvalue weighted by molar-refractivity contribution is 0.528. The molecule has 0 N–H and O–H groups in total. The molecule has 0 amide bonds. The van der Waals surface area contributed by atoms with E-state index in [1.165, 1.54) is 23.5 Å². The summed E-state index contributed by atoms with van der Waals surface area (Å²) >= 11 is 7.44. The molecule has 3 aromatic rings. The topological polar surface area (TPSA) is 50.3 Å². The van der Waals surface area contributed by atoms with Gasteiger partial charge in [0.2, 0.25) is 0 Å². The van der Waals surface area contributed by atoms with Crippen LogP contribution in [0.25, 0.3) is 11.3 Å². The Kier molecular flexibility index (Phi) is 6.12. The number of nitrogens with zero attached hydrogens (tertiary/aromatic N) is 2. The van der Waals surface area contributed by atoms with Crippen LogP contribution >= 0.6 is 22.9 Å². The second-order valence-corrected chi connectivity index (χ2v) is 11.6. The van der Waals surface area contributed by atoms with Gasteiger partial charge in [0.05, 0.1) is 15.8 Å². The van der Waals surface area contributed by atoms with E-state index in [9.17, 15) is 12.8 Å². The summed E-state index contributed by atoms with van der Waals surface area (Å²) in [6.45, 7) is 6.96. The van der Waals surface area contributed by atoms with Crippen molar-refractivity contribution in [2.75, 3.05) is 18.0 Å². The van der Waals surface area contributed by atoms with Gasteiger partial charge in [0, 0.05) is 29.1 Å². The number of aromatic nitrogens is 1. The zero-order chi connectivity index (χ0) is 22.3. The molecule has 2 heterocycles. The number of aryl methyl sites for hydroxylation is 3. The van der Waals surface area contributed by atoms with Crippen LogP contribution in [0.1, 0.15) is 29.5 Å². The van der Waals surface area contributed by atoms with E-state index in [2.05, 4.69) is 9.88 Å². The van der Waals surface area contributed by atoms with Crippen molar-refractivity contribution in [1.82, 2.24) is 4.98 Å². The number of anilines is 1. The molecule has 1 aliphatic rings. The Bertz CT molecular complexity index is 1190. The van der Waals surface area contributed by atoms with Crippen LogP contribution in [0.3, 0.4) is 0 Å². The third-order valence-corrected chi connectivity index (χ3v) is 9.37. The molecule has 4 rings (SSSR count). The Labute approximate surface area is 191 Å². The van der Waals surface area contributed by atoms with Crippen LogP contribution in [0.2, 0.25) is 5.02 Å². The standard InChI is InChI=1S/C23H24ClFN2O2S2/c1-14-8-15(2)22(16(3)9-14)31(28,29)20-4-6-27(7-5-20)23-26-21(13-30-23)17-10-18(24)12-19(25)11-17/h8-13,20H,4-7H2,1-3H3. The lowest BCUT2D eigenvalue weighted by atomic mass is 10.1. The second kappa shape index (κ2) is 8.52. The number of thiazole rings is 1. The van der Waals surface area contributed by atoms with Crippen LogP contribution in [0.5, 0.6) is 0 Å². The first-order valence-corrected chi connectivity index (χ1v) is 12.9. The number of benzene rings is 2. The Morgan fingerprint density at radius 3 is 2.32 bits per heavy atom. The number of hydrogen-bond acceptors (Lipinski definition) is 5. The van der Waals surface area contributed by atoms with Gasteiger partial charge in [-0.3, -0.25) is 0 Å². The fourth-order valence-electron chi connectivity index (χ4n) is 4.38. The SMILES string of the molecule is Cc1cc(C)c(S(=O)(=O)C2CCN(c3nc(-c4cc(F)cc(Cl)c4)cs3)CC2)c(C)c1. The van der Waals surface area contributed by atoms with Crippen LogP contribution in [-0.2, 0) is 9.84 Å². The average Bonchev–Trinajstić information content (AvgIpc) is 3.16. The van der Waals surface area contributed by atoms with Crippen LogP contribution in [0.15, 0.2) is 40.6 Å². The van der Waals surface area contributed by atoms with E-state index in [4.69, 9.17) is 11.6 Å². The van der Waals surface area contributed by atoms with Gasteiger partial charge in [0.15, 0.2) is 15.0 Å². The van der Waals surface area contributed by atoms with Gasteiger partial charge < -0.3 is 4.90 Å². The highest BCUT2D eigenvalue weighted by atomic mass is 35.5. The first-order valence-electron chi connectivity index (χ1n) is 10.1. The maximum Gasteiger partial charge on any atom is 0.185 e. The van der Waals surface area contributed by atoms with Gasteiger partial charge in [0.1, 0.15) is 5.82 Å². The molecular weight excluding hydrogens is 455 g/mol. The molecule has 0 saturated carbocycles. The van der Waals surface area contributed by atoms with E-state index in [1.54, 1.807) is 6.07 Å². The van der Waals surface area contributed by atoms with Crippen molar-refractivity contribution in [3.05, 3.63) is 63.2 Å². The quantitative estimate of drug-likeness (QED) is 0.463. The van der Waals surface area contributed by atoms with E-state index in [0.29, 0.717) is 47.1 Å². The predicted molar refractivity (Wildman–Crippen MR) is 126 cm³/mol. The first-order chi connectivity index (χ1) is 14.6. The highest BCUT2D eigenvalue weighted by molar-refractivity contribution is 7.92. The highest BCUT2D eigenvalue weighted by Gasteiger charge is 2.34. The molecule has 1 aliphatic heterocycles. The molecule has 1 fully saturated rings. The molecule has 2 aromatic carbocycles. The lowest BCUT2D eigenvalue weighted by Crippen LogP contribution is -2.39. The van der Waals surface area contributed by atoms with E-state index in [-0.39, 0.29) is 0 Å². The summed E-state index contributed by atoms with van der Waals surface area (Å²) in [7, 11) is -3.39. The molecule has 0 aliphatic carbocycles. The minimum atomic E-state index is -3.39. The van der Waals surface area contributed by atoms with Crippen molar-refractivity contribution in [1.29, 1.82) is 0 Å². The zero-order valence-corrected chi connectivity index (χ0v) is 20.0. The fourth-order valence-corrected chi connectivity index (χ4v) is 7.67. The Hall–Kier alpha value is -1.96.